The van der Waals surface area contributed by atoms with Gasteiger partial charge in [-0.25, -0.2) is 0 Å². The molecule has 3 aromatic carbocycles. The summed E-state index contributed by atoms with van der Waals surface area (Å²) in [5.41, 5.74) is 2.07. The number of anilines is 1. The van der Waals surface area contributed by atoms with E-state index in [9.17, 15) is 14.9 Å². The minimum atomic E-state index is -0.453. The normalized spacial score (nSPS) is 11.5. The topological polar surface area (TPSA) is 81.5 Å². The number of nitro groups is 1. The van der Waals surface area contributed by atoms with Crippen molar-refractivity contribution in [1.82, 2.24) is 0 Å². The van der Waals surface area contributed by atoms with Crippen molar-refractivity contribution < 1.29 is 14.5 Å². The number of Topliss-reactive ketones (excluding diaryl/α,β-unsaturated/α-hetero) is 1. The molecule has 1 atom stereocenters. The lowest BCUT2D eigenvalue weighted by atomic mass is 9.97. The minimum absolute atomic E-state index is 0.00302. The van der Waals surface area contributed by atoms with Gasteiger partial charge in [0, 0.05) is 34.8 Å². The Hall–Kier alpha value is -3.38. The number of hydrogen-bond acceptors (Lipinski definition) is 5. The molecule has 1 N–H and O–H groups in total. The Morgan fingerprint density at radius 2 is 1.79 bits per heavy atom. The Bertz CT molecular complexity index is 1000. The van der Waals surface area contributed by atoms with Gasteiger partial charge in [-0.2, -0.15) is 0 Å². The summed E-state index contributed by atoms with van der Waals surface area (Å²) in [7, 11) is 1.57. The lowest BCUT2D eigenvalue weighted by Crippen LogP contribution is -2.16. The third-order valence-corrected chi connectivity index (χ3v) is 4.71. The van der Waals surface area contributed by atoms with Crippen LogP contribution in [0.1, 0.15) is 28.4 Å². The first-order chi connectivity index (χ1) is 14.0. The van der Waals surface area contributed by atoms with Gasteiger partial charge in [0.2, 0.25) is 0 Å². The van der Waals surface area contributed by atoms with Crippen LogP contribution in [0.25, 0.3) is 0 Å². The Morgan fingerprint density at radius 1 is 1.10 bits per heavy atom. The zero-order valence-electron chi connectivity index (χ0n) is 15.7. The molecule has 0 aliphatic carbocycles. The molecule has 3 rings (SSSR count). The summed E-state index contributed by atoms with van der Waals surface area (Å²) < 4.78 is 5.13. The number of ether oxygens (including phenoxy) is 1. The number of nitro benzene ring substituents is 1. The summed E-state index contributed by atoms with van der Waals surface area (Å²) in [5.74, 6) is 0.607. The summed E-state index contributed by atoms with van der Waals surface area (Å²) in [6, 6.07) is 19.9. The quantitative estimate of drug-likeness (QED) is 0.293. The van der Waals surface area contributed by atoms with Crippen molar-refractivity contribution in [2.24, 2.45) is 0 Å². The molecular weight excluding hydrogens is 392 g/mol. The summed E-state index contributed by atoms with van der Waals surface area (Å²) in [4.78, 5) is 23.3. The molecule has 0 bridgehead atoms. The predicted octanol–water partition coefficient (Wildman–Crippen LogP) is 5.68. The number of methoxy groups -OCH3 is 1. The highest BCUT2D eigenvalue weighted by atomic mass is 35.5. The molecule has 0 amide bonds. The fourth-order valence-electron chi connectivity index (χ4n) is 2.94. The van der Waals surface area contributed by atoms with E-state index in [4.69, 9.17) is 16.3 Å². The van der Waals surface area contributed by atoms with Gasteiger partial charge < -0.3 is 10.1 Å². The van der Waals surface area contributed by atoms with Crippen LogP contribution in [-0.4, -0.2) is 17.8 Å². The van der Waals surface area contributed by atoms with E-state index >= 15 is 0 Å². The molecule has 0 aromatic heterocycles. The average Bonchev–Trinajstić information content (AvgIpc) is 2.73. The first-order valence-electron chi connectivity index (χ1n) is 8.90. The predicted molar refractivity (Wildman–Crippen MR) is 113 cm³/mol. The van der Waals surface area contributed by atoms with Crippen LogP contribution >= 0.6 is 11.6 Å². The van der Waals surface area contributed by atoms with Gasteiger partial charge in [0.05, 0.1) is 18.1 Å². The molecule has 0 fully saturated rings. The molecule has 29 heavy (non-hydrogen) atoms. The van der Waals surface area contributed by atoms with E-state index in [0.29, 0.717) is 16.3 Å². The maximum atomic E-state index is 12.8. The Labute approximate surface area is 173 Å². The Balaban J connectivity index is 1.86. The van der Waals surface area contributed by atoms with Crippen molar-refractivity contribution in [1.29, 1.82) is 0 Å². The van der Waals surface area contributed by atoms with E-state index in [1.807, 2.05) is 12.1 Å². The first kappa shape index (κ1) is 20.4. The number of non-ortho nitro benzene ring substituents is 1. The van der Waals surface area contributed by atoms with E-state index in [1.165, 1.54) is 12.1 Å². The van der Waals surface area contributed by atoms with Crippen molar-refractivity contribution in [3.63, 3.8) is 0 Å². The van der Waals surface area contributed by atoms with Crippen molar-refractivity contribution in [2.45, 2.75) is 12.5 Å². The number of nitrogens with one attached hydrogen (secondary N) is 1. The van der Waals surface area contributed by atoms with E-state index in [0.717, 1.165) is 11.3 Å². The van der Waals surface area contributed by atoms with Crippen molar-refractivity contribution in [3.8, 4) is 5.75 Å². The summed E-state index contributed by atoms with van der Waals surface area (Å²) in [6.45, 7) is 0. The monoisotopic (exact) mass is 410 g/mol. The zero-order chi connectivity index (χ0) is 20.8. The highest BCUT2D eigenvalue weighted by molar-refractivity contribution is 6.30. The van der Waals surface area contributed by atoms with E-state index in [1.54, 1.807) is 55.6 Å². The molecule has 0 aliphatic rings. The summed E-state index contributed by atoms with van der Waals surface area (Å²) >= 11 is 6.07. The van der Waals surface area contributed by atoms with Crippen LogP contribution in [0.4, 0.5) is 11.4 Å². The molecule has 148 valence electrons. The lowest BCUT2D eigenvalue weighted by Gasteiger charge is -2.20. The van der Waals surface area contributed by atoms with Crippen molar-refractivity contribution in [3.05, 3.63) is 99.1 Å². The van der Waals surface area contributed by atoms with Crippen LogP contribution in [0.2, 0.25) is 5.02 Å². The SMILES string of the molecule is COc1ccc(C(=O)CC(Nc2cccc(Cl)c2)c2ccc([N+](=O)[O-])cc2)cc1. The second-order valence-corrected chi connectivity index (χ2v) is 6.85. The van der Waals surface area contributed by atoms with Crippen molar-refractivity contribution in [2.75, 3.05) is 12.4 Å². The lowest BCUT2D eigenvalue weighted by molar-refractivity contribution is -0.384. The molecule has 3 aromatic rings. The fourth-order valence-corrected chi connectivity index (χ4v) is 3.13. The van der Waals surface area contributed by atoms with E-state index in [-0.39, 0.29) is 23.9 Å². The molecule has 0 radical (unpaired) electrons. The maximum absolute atomic E-state index is 12.8. The minimum Gasteiger partial charge on any atom is -0.497 e. The highest BCUT2D eigenvalue weighted by Gasteiger charge is 2.19. The number of hydrogen-bond donors (Lipinski definition) is 1. The largest absolute Gasteiger partial charge is 0.497 e. The number of benzene rings is 3. The third kappa shape index (κ3) is 5.33. The number of ketones is 1. The van der Waals surface area contributed by atoms with Crippen molar-refractivity contribution >= 4 is 28.8 Å². The van der Waals surface area contributed by atoms with Gasteiger partial charge in [-0.3, -0.25) is 14.9 Å². The van der Waals surface area contributed by atoms with Gasteiger partial charge in [-0.15, -0.1) is 0 Å². The van der Waals surface area contributed by atoms with E-state index in [2.05, 4.69) is 5.32 Å². The molecule has 0 heterocycles. The van der Waals surface area contributed by atoms with Crippen LogP contribution in [-0.2, 0) is 0 Å². The Kier molecular flexibility index (Phi) is 6.46. The average molecular weight is 411 g/mol. The fraction of sp³-hybridized carbons (Fsp3) is 0.136. The number of nitrogens with zero attached hydrogens (tertiary/aromatic N) is 1. The summed E-state index contributed by atoms with van der Waals surface area (Å²) in [5, 5.41) is 14.8. The van der Waals surface area contributed by atoms with Gasteiger partial charge in [-0.1, -0.05) is 29.8 Å². The number of halogens is 1. The number of carbonyl (C=O) groups is 1. The van der Waals surface area contributed by atoms with Crippen LogP contribution in [0, 0.1) is 10.1 Å². The first-order valence-corrected chi connectivity index (χ1v) is 9.28. The van der Waals surface area contributed by atoms with Gasteiger partial charge in [0.1, 0.15) is 5.75 Å². The standard InChI is InChI=1S/C22H19ClN2O4/c1-29-20-11-7-16(8-12-20)22(26)14-21(24-18-4-2-3-17(23)13-18)15-5-9-19(10-6-15)25(27)28/h2-13,21,24H,14H2,1H3. The second-order valence-electron chi connectivity index (χ2n) is 6.41. The maximum Gasteiger partial charge on any atom is 0.269 e. The molecule has 0 spiro atoms. The molecule has 0 aliphatic heterocycles. The molecule has 1 unspecified atom stereocenters. The van der Waals surface area contributed by atoms with Crippen LogP contribution in [0.3, 0.4) is 0 Å². The second kappa shape index (κ2) is 9.21. The third-order valence-electron chi connectivity index (χ3n) is 4.47. The molecule has 6 nitrogen and oxygen atoms in total. The van der Waals surface area contributed by atoms with Gasteiger partial charge in [0.25, 0.3) is 5.69 Å². The smallest absolute Gasteiger partial charge is 0.269 e. The number of rotatable bonds is 8. The molecular formula is C22H19ClN2O4. The van der Waals surface area contributed by atoms with Crippen LogP contribution in [0.15, 0.2) is 72.8 Å². The van der Waals surface area contributed by atoms with Crippen LogP contribution < -0.4 is 10.1 Å². The highest BCUT2D eigenvalue weighted by Crippen LogP contribution is 2.27. The Morgan fingerprint density at radius 3 is 2.38 bits per heavy atom. The zero-order valence-corrected chi connectivity index (χ0v) is 16.4. The van der Waals surface area contributed by atoms with Gasteiger partial charge in [0.15, 0.2) is 5.78 Å². The molecule has 0 saturated heterocycles. The summed E-state index contributed by atoms with van der Waals surface area (Å²) in [6.07, 6.45) is 0.163. The van der Waals surface area contributed by atoms with Gasteiger partial charge >= 0.3 is 0 Å². The number of carbonyl (C=O) groups excluding carboxylic acids is 1. The van der Waals surface area contributed by atoms with Gasteiger partial charge in [-0.05, 0) is 48.0 Å². The molecule has 0 saturated carbocycles. The van der Waals surface area contributed by atoms with E-state index < -0.39 is 4.92 Å². The molecule has 7 heteroatoms. The van der Waals surface area contributed by atoms with Crippen LogP contribution in [0.5, 0.6) is 5.75 Å².